The third kappa shape index (κ3) is 3.42. The number of cyclic esters (lactones) is 1. The standard InChI is InChI=1S/C18H22INO3S/c19-24-23-10-12-1-2-14-8-15(4-3-13(14)7-12)16-5-6-18(9-16)11-22-17(21)20-18/h3-4,8,12,16H,1-2,5-7,9-11H2,(H,20,21)/t12?,16-,18-/m1/s1. The van der Waals surface area contributed by atoms with Crippen molar-refractivity contribution in [2.75, 3.05) is 13.2 Å². The van der Waals surface area contributed by atoms with E-state index < -0.39 is 0 Å². The van der Waals surface area contributed by atoms with Gasteiger partial charge in [-0.3, -0.25) is 0 Å². The smallest absolute Gasteiger partial charge is 0.407 e. The maximum Gasteiger partial charge on any atom is 0.407 e. The SMILES string of the molecule is O=C1N[C@@]2(CC[C@@H](c3ccc4c(c3)CCC(COSI)C4)C2)CO1. The minimum Gasteiger partial charge on any atom is -0.447 e. The zero-order valence-electron chi connectivity index (χ0n) is 13.6. The van der Waals surface area contributed by atoms with Gasteiger partial charge in [-0.2, -0.15) is 0 Å². The molecular weight excluding hydrogens is 437 g/mol. The highest BCUT2D eigenvalue weighted by atomic mass is 127. The second-order valence-corrected chi connectivity index (χ2v) is 8.85. The first-order chi connectivity index (χ1) is 11.7. The molecule has 1 aromatic carbocycles. The lowest BCUT2D eigenvalue weighted by Gasteiger charge is -2.25. The van der Waals surface area contributed by atoms with E-state index in [0.717, 1.165) is 38.7 Å². The largest absolute Gasteiger partial charge is 0.447 e. The number of hydrogen-bond donors (Lipinski definition) is 1. The summed E-state index contributed by atoms with van der Waals surface area (Å²) >= 11 is 2.18. The molecule has 1 saturated carbocycles. The third-order valence-corrected chi connectivity index (χ3v) is 6.82. The van der Waals surface area contributed by atoms with E-state index in [1.165, 1.54) is 32.3 Å². The molecule has 0 radical (unpaired) electrons. The summed E-state index contributed by atoms with van der Waals surface area (Å²) in [6, 6.07) is 7.04. The van der Waals surface area contributed by atoms with E-state index >= 15 is 0 Å². The highest BCUT2D eigenvalue weighted by Crippen LogP contribution is 2.43. The first kappa shape index (κ1) is 17.0. The molecule has 4 nitrogen and oxygen atoms in total. The van der Waals surface area contributed by atoms with Gasteiger partial charge in [0.2, 0.25) is 0 Å². The van der Waals surface area contributed by atoms with Gasteiger partial charge >= 0.3 is 6.09 Å². The maximum atomic E-state index is 11.4. The van der Waals surface area contributed by atoms with Crippen molar-refractivity contribution in [3.63, 3.8) is 0 Å². The van der Waals surface area contributed by atoms with Crippen molar-refractivity contribution in [2.24, 2.45) is 5.92 Å². The van der Waals surface area contributed by atoms with Crippen LogP contribution in [0.15, 0.2) is 18.2 Å². The van der Waals surface area contributed by atoms with Crippen LogP contribution in [0.25, 0.3) is 0 Å². The Morgan fingerprint density at radius 2 is 2.29 bits per heavy atom. The fourth-order valence-corrected chi connectivity index (χ4v) is 5.20. The Bertz CT molecular complexity index is 641. The quantitative estimate of drug-likeness (QED) is 0.530. The second kappa shape index (κ2) is 7.03. The van der Waals surface area contributed by atoms with Crippen molar-refractivity contribution in [3.05, 3.63) is 34.9 Å². The van der Waals surface area contributed by atoms with E-state index in [4.69, 9.17) is 8.92 Å². The van der Waals surface area contributed by atoms with Crippen LogP contribution in [0.4, 0.5) is 4.79 Å². The van der Waals surface area contributed by atoms with Crippen LogP contribution < -0.4 is 5.32 Å². The van der Waals surface area contributed by atoms with Crippen LogP contribution in [-0.4, -0.2) is 24.8 Å². The van der Waals surface area contributed by atoms with E-state index in [0.29, 0.717) is 18.4 Å². The third-order valence-electron chi connectivity index (χ3n) is 5.84. The summed E-state index contributed by atoms with van der Waals surface area (Å²) in [5, 5.41) is 3.04. The lowest BCUT2D eigenvalue weighted by Crippen LogP contribution is -2.40. The van der Waals surface area contributed by atoms with Crippen LogP contribution in [-0.2, 0) is 21.8 Å². The van der Waals surface area contributed by atoms with Crippen molar-refractivity contribution in [1.29, 1.82) is 0 Å². The molecular formula is C18H22INO3S. The monoisotopic (exact) mass is 459 g/mol. The number of alkyl carbamates (subject to hydrolysis) is 1. The number of benzene rings is 1. The number of amides is 1. The van der Waals surface area contributed by atoms with Gasteiger partial charge in [-0.1, -0.05) is 18.2 Å². The Kier molecular flexibility index (Phi) is 4.97. The minimum atomic E-state index is -0.251. The van der Waals surface area contributed by atoms with Crippen molar-refractivity contribution in [1.82, 2.24) is 5.32 Å². The minimum absolute atomic E-state index is 0.114. The molecule has 1 amide bonds. The number of nitrogens with one attached hydrogen (secondary N) is 1. The maximum absolute atomic E-state index is 11.4. The molecule has 1 aliphatic heterocycles. The molecule has 1 unspecified atom stereocenters. The lowest BCUT2D eigenvalue weighted by molar-refractivity contribution is 0.172. The van der Waals surface area contributed by atoms with Gasteiger partial charge in [-0.25, -0.2) is 4.79 Å². The number of rotatable bonds is 4. The van der Waals surface area contributed by atoms with Crippen LogP contribution in [0.2, 0.25) is 0 Å². The summed E-state index contributed by atoms with van der Waals surface area (Å²) in [7, 11) is 1.43. The number of halogens is 1. The van der Waals surface area contributed by atoms with Crippen molar-refractivity contribution in [2.45, 2.75) is 50.0 Å². The highest BCUT2D eigenvalue weighted by molar-refractivity contribution is 14.2. The molecule has 1 saturated heterocycles. The molecule has 4 rings (SSSR count). The zero-order valence-corrected chi connectivity index (χ0v) is 16.5. The number of carbonyl (C=O) groups is 1. The molecule has 0 bridgehead atoms. The molecule has 1 spiro atoms. The Hall–Kier alpha value is -0.470. The molecule has 24 heavy (non-hydrogen) atoms. The van der Waals surface area contributed by atoms with Gasteiger partial charge in [0, 0.05) is 21.2 Å². The van der Waals surface area contributed by atoms with E-state index in [2.05, 4.69) is 44.7 Å². The number of ether oxygens (including phenoxy) is 1. The van der Waals surface area contributed by atoms with Crippen LogP contribution in [0.1, 0.15) is 48.3 Å². The molecule has 3 atom stereocenters. The average molecular weight is 459 g/mol. The second-order valence-electron chi connectivity index (χ2n) is 7.41. The first-order valence-corrected chi connectivity index (χ1v) is 11.9. The van der Waals surface area contributed by atoms with Crippen LogP contribution in [0.5, 0.6) is 0 Å². The molecule has 1 heterocycles. The van der Waals surface area contributed by atoms with E-state index in [1.807, 2.05) is 0 Å². The predicted molar refractivity (Wildman–Crippen MR) is 103 cm³/mol. The average Bonchev–Trinajstić information content (AvgIpc) is 3.18. The normalized spacial score (nSPS) is 31.8. The van der Waals surface area contributed by atoms with Gasteiger partial charge in [0.05, 0.1) is 21.4 Å². The number of aryl methyl sites for hydroxylation is 1. The molecule has 0 aromatic heterocycles. The molecule has 6 heteroatoms. The molecule has 2 fully saturated rings. The Balaban J connectivity index is 1.44. The van der Waals surface area contributed by atoms with Gasteiger partial charge in [0.1, 0.15) is 6.61 Å². The lowest BCUT2D eigenvalue weighted by atomic mass is 9.82. The number of fused-ring (bicyclic) bond motifs is 1. The van der Waals surface area contributed by atoms with Crippen LogP contribution in [0.3, 0.4) is 0 Å². The fourth-order valence-electron chi connectivity index (χ4n) is 4.52. The van der Waals surface area contributed by atoms with Crippen LogP contribution >= 0.6 is 30.4 Å². The number of carbonyl (C=O) groups excluding carboxylic acids is 1. The van der Waals surface area contributed by atoms with Crippen LogP contribution in [0, 0.1) is 5.92 Å². The van der Waals surface area contributed by atoms with Crippen molar-refractivity contribution < 1.29 is 13.7 Å². The van der Waals surface area contributed by atoms with Gasteiger partial charge in [0.25, 0.3) is 0 Å². The molecule has 1 N–H and O–H groups in total. The molecule has 2 aliphatic carbocycles. The highest BCUT2D eigenvalue weighted by Gasteiger charge is 2.46. The van der Waals surface area contributed by atoms with Gasteiger partial charge in [-0.15, -0.1) is 0 Å². The van der Waals surface area contributed by atoms with Gasteiger partial charge in [0.15, 0.2) is 0 Å². The Morgan fingerprint density at radius 1 is 1.38 bits per heavy atom. The summed E-state index contributed by atoms with van der Waals surface area (Å²) in [4.78, 5) is 11.4. The molecule has 3 aliphatic rings. The van der Waals surface area contributed by atoms with E-state index in [1.54, 1.807) is 0 Å². The zero-order chi connectivity index (χ0) is 16.6. The first-order valence-electron chi connectivity index (χ1n) is 8.64. The summed E-state index contributed by atoms with van der Waals surface area (Å²) in [5.41, 5.74) is 4.32. The van der Waals surface area contributed by atoms with E-state index in [-0.39, 0.29) is 11.6 Å². The summed E-state index contributed by atoms with van der Waals surface area (Å²) in [5.74, 6) is 1.18. The van der Waals surface area contributed by atoms with Gasteiger partial charge in [-0.05, 0) is 67.1 Å². The topological polar surface area (TPSA) is 47.6 Å². The fraction of sp³-hybridized carbons (Fsp3) is 0.611. The van der Waals surface area contributed by atoms with Crippen molar-refractivity contribution in [3.8, 4) is 0 Å². The Morgan fingerprint density at radius 3 is 3.08 bits per heavy atom. The molecule has 130 valence electrons. The predicted octanol–water partition coefficient (Wildman–Crippen LogP) is 4.55. The van der Waals surface area contributed by atoms with E-state index in [9.17, 15) is 4.79 Å². The summed E-state index contributed by atoms with van der Waals surface area (Å²) in [6.07, 6.45) is 6.40. The summed E-state index contributed by atoms with van der Waals surface area (Å²) < 4.78 is 10.7. The molecule has 1 aromatic rings. The van der Waals surface area contributed by atoms with Crippen molar-refractivity contribution >= 4 is 36.5 Å². The van der Waals surface area contributed by atoms with Gasteiger partial charge < -0.3 is 14.2 Å². The summed E-state index contributed by atoms with van der Waals surface area (Å²) in [6.45, 7) is 1.38. The Labute approximate surface area is 159 Å². The number of hydrogen-bond acceptors (Lipinski definition) is 4.